The Hall–Kier alpha value is -1.23. The fourth-order valence-corrected chi connectivity index (χ4v) is 3.52. The van der Waals surface area contributed by atoms with Crippen LogP contribution < -0.4 is 0 Å². The molecule has 0 radical (unpaired) electrons. The van der Waals surface area contributed by atoms with E-state index in [9.17, 15) is 9.59 Å². The molecule has 1 saturated carbocycles. The first-order valence-corrected chi connectivity index (χ1v) is 6.30. The van der Waals surface area contributed by atoms with Crippen LogP contribution >= 0.6 is 11.3 Å². The molecule has 84 valence electrons. The molecular formula is C11H11NO3S. The van der Waals surface area contributed by atoms with E-state index in [1.165, 1.54) is 24.2 Å². The number of cyclic esters (lactones) is 2. The Morgan fingerprint density at radius 1 is 1.25 bits per heavy atom. The van der Waals surface area contributed by atoms with Crippen LogP contribution in [0.15, 0.2) is 0 Å². The first-order valence-electron chi connectivity index (χ1n) is 5.48. The molecule has 1 aromatic heterocycles. The molecule has 0 aromatic carbocycles. The van der Waals surface area contributed by atoms with Gasteiger partial charge in [0, 0.05) is 5.92 Å². The van der Waals surface area contributed by atoms with E-state index in [0.717, 1.165) is 22.7 Å². The number of nitrogens with zero attached hydrogens (tertiary/aromatic N) is 1. The predicted molar refractivity (Wildman–Crippen MR) is 57.4 cm³/mol. The lowest BCUT2D eigenvalue weighted by molar-refractivity contribution is -0.137. The van der Waals surface area contributed by atoms with Crippen molar-refractivity contribution in [2.24, 2.45) is 0 Å². The van der Waals surface area contributed by atoms with Crippen LogP contribution in [0, 0.1) is 0 Å². The lowest BCUT2D eigenvalue weighted by atomic mass is 10.1. The SMILES string of the molecule is O=C1Cc2sc(C3CCCC3)nc2C(=O)O1. The van der Waals surface area contributed by atoms with Gasteiger partial charge in [0.05, 0.1) is 16.3 Å². The number of hydrogen-bond acceptors (Lipinski definition) is 5. The molecule has 5 heteroatoms. The minimum atomic E-state index is -0.577. The highest BCUT2D eigenvalue weighted by atomic mass is 32.1. The van der Waals surface area contributed by atoms with E-state index in [4.69, 9.17) is 0 Å². The van der Waals surface area contributed by atoms with Crippen molar-refractivity contribution in [1.82, 2.24) is 4.98 Å². The molecule has 0 N–H and O–H groups in total. The molecule has 3 rings (SSSR count). The molecule has 1 aliphatic carbocycles. The lowest BCUT2D eigenvalue weighted by Gasteiger charge is -2.06. The number of carbonyl (C=O) groups is 2. The van der Waals surface area contributed by atoms with Crippen LogP contribution in [0.5, 0.6) is 0 Å². The number of hydrogen-bond donors (Lipinski definition) is 0. The first-order chi connectivity index (χ1) is 7.74. The molecule has 2 heterocycles. The van der Waals surface area contributed by atoms with Crippen LogP contribution in [0.4, 0.5) is 0 Å². The zero-order chi connectivity index (χ0) is 11.1. The van der Waals surface area contributed by atoms with Gasteiger partial charge in [-0.15, -0.1) is 11.3 Å². The van der Waals surface area contributed by atoms with E-state index in [1.807, 2.05) is 0 Å². The smallest absolute Gasteiger partial charge is 0.365 e. The van der Waals surface area contributed by atoms with Gasteiger partial charge in [-0.3, -0.25) is 4.79 Å². The van der Waals surface area contributed by atoms with E-state index in [1.54, 1.807) is 0 Å². The van der Waals surface area contributed by atoms with Gasteiger partial charge in [0.25, 0.3) is 0 Å². The summed E-state index contributed by atoms with van der Waals surface area (Å²) in [4.78, 5) is 27.6. The molecule has 1 fully saturated rings. The standard InChI is InChI=1S/C11H11NO3S/c13-8-5-7-9(11(14)15-8)12-10(16-7)6-3-1-2-4-6/h6H,1-5H2. The molecule has 2 aliphatic rings. The average Bonchev–Trinajstić information content (AvgIpc) is 2.82. The van der Waals surface area contributed by atoms with Crippen molar-refractivity contribution in [2.45, 2.75) is 38.0 Å². The fraction of sp³-hybridized carbons (Fsp3) is 0.545. The van der Waals surface area contributed by atoms with Crippen molar-refractivity contribution in [3.63, 3.8) is 0 Å². The van der Waals surface area contributed by atoms with E-state index in [2.05, 4.69) is 9.72 Å². The average molecular weight is 237 g/mol. The zero-order valence-electron chi connectivity index (χ0n) is 8.69. The molecule has 0 unspecified atom stereocenters. The monoisotopic (exact) mass is 237 g/mol. The van der Waals surface area contributed by atoms with Crippen LogP contribution in [0.3, 0.4) is 0 Å². The number of fused-ring (bicyclic) bond motifs is 1. The predicted octanol–water partition coefficient (Wildman–Crippen LogP) is 2.04. The maximum atomic E-state index is 11.4. The third-order valence-electron chi connectivity index (χ3n) is 3.12. The molecular weight excluding hydrogens is 226 g/mol. The van der Waals surface area contributed by atoms with Crippen LogP contribution in [0.2, 0.25) is 0 Å². The van der Waals surface area contributed by atoms with Crippen molar-refractivity contribution in [3.05, 3.63) is 15.6 Å². The van der Waals surface area contributed by atoms with Crippen molar-refractivity contribution in [1.29, 1.82) is 0 Å². The number of carbonyl (C=O) groups excluding carboxylic acids is 2. The highest BCUT2D eigenvalue weighted by molar-refractivity contribution is 7.12. The summed E-state index contributed by atoms with van der Waals surface area (Å²) in [5.74, 6) is -0.552. The summed E-state index contributed by atoms with van der Waals surface area (Å²) in [6.07, 6.45) is 4.97. The van der Waals surface area contributed by atoms with Gasteiger partial charge in [-0.1, -0.05) is 12.8 Å². The molecule has 1 aliphatic heterocycles. The summed E-state index contributed by atoms with van der Waals surface area (Å²) in [6, 6.07) is 0. The third kappa shape index (κ3) is 1.55. The van der Waals surface area contributed by atoms with E-state index in [0.29, 0.717) is 11.6 Å². The molecule has 0 amide bonds. The summed E-state index contributed by atoms with van der Waals surface area (Å²) in [5.41, 5.74) is 0.367. The highest BCUT2D eigenvalue weighted by Crippen LogP contribution is 2.38. The third-order valence-corrected chi connectivity index (χ3v) is 4.34. The summed E-state index contributed by atoms with van der Waals surface area (Å²) in [5, 5.41) is 1.01. The van der Waals surface area contributed by atoms with E-state index < -0.39 is 11.9 Å². The summed E-state index contributed by atoms with van der Waals surface area (Å²) >= 11 is 1.51. The number of esters is 2. The molecule has 16 heavy (non-hydrogen) atoms. The topological polar surface area (TPSA) is 56.3 Å². The summed E-state index contributed by atoms with van der Waals surface area (Å²) < 4.78 is 4.55. The first kappa shape index (κ1) is 9.96. The Balaban J connectivity index is 1.96. The van der Waals surface area contributed by atoms with Crippen molar-refractivity contribution in [3.8, 4) is 0 Å². The van der Waals surface area contributed by atoms with Gasteiger partial charge in [0.1, 0.15) is 0 Å². The summed E-state index contributed by atoms with van der Waals surface area (Å²) in [6.45, 7) is 0. The quantitative estimate of drug-likeness (QED) is 0.554. The molecule has 0 atom stereocenters. The maximum Gasteiger partial charge on any atom is 0.365 e. The number of ether oxygens (including phenoxy) is 1. The normalized spacial score (nSPS) is 21.0. The van der Waals surface area contributed by atoms with Crippen molar-refractivity contribution in [2.75, 3.05) is 0 Å². The van der Waals surface area contributed by atoms with Crippen molar-refractivity contribution < 1.29 is 14.3 Å². The van der Waals surface area contributed by atoms with Crippen LogP contribution in [-0.4, -0.2) is 16.9 Å². The zero-order valence-corrected chi connectivity index (χ0v) is 9.51. The molecule has 0 bridgehead atoms. The van der Waals surface area contributed by atoms with Gasteiger partial charge in [0.2, 0.25) is 0 Å². The number of thiazole rings is 1. The minimum absolute atomic E-state index is 0.200. The Labute approximate surface area is 96.6 Å². The Morgan fingerprint density at radius 3 is 2.75 bits per heavy atom. The Morgan fingerprint density at radius 2 is 2.00 bits per heavy atom. The van der Waals surface area contributed by atoms with Crippen LogP contribution in [-0.2, 0) is 16.0 Å². The van der Waals surface area contributed by atoms with E-state index in [-0.39, 0.29) is 6.42 Å². The van der Waals surface area contributed by atoms with Gasteiger partial charge < -0.3 is 4.74 Å². The molecule has 0 spiro atoms. The fourth-order valence-electron chi connectivity index (χ4n) is 2.32. The van der Waals surface area contributed by atoms with Gasteiger partial charge in [0.15, 0.2) is 5.69 Å². The lowest BCUT2D eigenvalue weighted by Crippen LogP contribution is -2.21. The van der Waals surface area contributed by atoms with Crippen LogP contribution in [0.25, 0.3) is 0 Å². The minimum Gasteiger partial charge on any atom is -0.388 e. The molecule has 1 aromatic rings. The molecule has 4 nitrogen and oxygen atoms in total. The molecule has 0 saturated heterocycles. The van der Waals surface area contributed by atoms with Gasteiger partial charge in [-0.05, 0) is 12.8 Å². The van der Waals surface area contributed by atoms with Crippen LogP contribution in [0.1, 0.15) is 52.0 Å². The highest BCUT2D eigenvalue weighted by Gasteiger charge is 2.31. The summed E-state index contributed by atoms with van der Waals surface area (Å²) in [7, 11) is 0. The largest absolute Gasteiger partial charge is 0.388 e. The second kappa shape index (κ2) is 3.66. The maximum absolute atomic E-state index is 11.4. The second-order valence-electron chi connectivity index (χ2n) is 4.24. The second-order valence-corrected chi connectivity index (χ2v) is 5.36. The van der Waals surface area contributed by atoms with Gasteiger partial charge in [-0.2, -0.15) is 0 Å². The van der Waals surface area contributed by atoms with Gasteiger partial charge >= 0.3 is 11.9 Å². The van der Waals surface area contributed by atoms with E-state index >= 15 is 0 Å². The van der Waals surface area contributed by atoms with Crippen molar-refractivity contribution >= 4 is 23.3 Å². The Bertz CT molecular complexity index is 460. The Kier molecular flexibility index (Phi) is 2.28. The number of rotatable bonds is 1. The van der Waals surface area contributed by atoms with Gasteiger partial charge in [-0.25, -0.2) is 9.78 Å². The number of aromatic nitrogens is 1.